The molecule has 3 N–H and O–H groups in total. The summed E-state index contributed by atoms with van der Waals surface area (Å²) >= 11 is 0. The predicted octanol–water partition coefficient (Wildman–Crippen LogP) is 1.63. The lowest BCUT2D eigenvalue weighted by atomic mass is 9.74. The Morgan fingerprint density at radius 3 is 2.61 bits per heavy atom. The van der Waals surface area contributed by atoms with Crippen LogP contribution in [0.25, 0.3) is 0 Å². The molecule has 1 heterocycles. The first kappa shape index (κ1) is 17.8. The van der Waals surface area contributed by atoms with Crippen LogP contribution >= 0.6 is 0 Å². The second-order valence-electron chi connectivity index (χ2n) is 7.49. The van der Waals surface area contributed by atoms with E-state index in [-0.39, 0.29) is 6.10 Å². The molecule has 1 saturated heterocycles. The number of amides is 2. The molecule has 0 saturated carbocycles. The smallest absolute Gasteiger partial charge is 0.327 e. The molecular formula is C17H29N3O3. The molecule has 0 spiro atoms. The first-order valence-electron chi connectivity index (χ1n) is 8.51. The molecule has 0 bridgehead atoms. The van der Waals surface area contributed by atoms with Crippen LogP contribution in [0.15, 0.2) is 11.8 Å². The maximum Gasteiger partial charge on any atom is 0.327 e. The largest absolute Gasteiger partial charge is 0.376 e. The summed E-state index contributed by atoms with van der Waals surface area (Å²) in [7, 11) is 0. The Morgan fingerprint density at radius 2 is 2.04 bits per heavy atom. The summed E-state index contributed by atoms with van der Waals surface area (Å²) in [6.45, 7) is 7.89. The molecule has 0 aromatic rings. The molecule has 2 aliphatic rings. The van der Waals surface area contributed by atoms with E-state index in [0.29, 0.717) is 17.9 Å². The summed E-state index contributed by atoms with van der Waals surface area (Å²) in [5.74, 6) is -0.641. The number of carbonyl (C=O) groups excluding carboxylic acids is 2. The minimum atomic E-state index is -0.665. The third kappa shape index (κ3) is 5.53. The first-order valence-corrected chi connectivity index (χ1v) is 8.51. The number of hydrogen-bond acceptors (Lipinski definition) is 4. The van der Waals surface area contributed by atoms with Crippen LogP contribution in [-0.2, 0) is 14.3 Å². The number of carbonyl (C=O) groups is 2. The van der Waals surface area contributed by atoms with E-state index in [9.17, 15) is 9.59 Å². The van der Waals surface area contributed by atoms with Crippen LogP contribution in [0.1, 0.15) is 52.9 Å². The maximum atomic E-state index is 11.8. The van der Waals surface area contributed by atoms with E-state index in [1.54, 1.807) is 0 Å². The van der Waals surface area contributed by atoms with Crippen LogP contribution in [0.5, 0.6) is 0 Å². The van der Waals surface area contributed by atoms with E-state index < -0.39 is 11.8 Å². The zero-order chi connectivity index (χ0) is 16.9. The van der Waals surface area contributed by atoms with Gasteiger partial charge in [-0.3, -0.25) is 15.0 Å². The fourth-order valence-corrected chi connectivity index (χ4v) is 3.02. The van der Waals surface area contributed by atoms with Gasteiger partial charge in [0.2, 0.25) is 0 Å². The zero-order valence-corrected chi connectivity index (χ0v) is 14.4. The molecule has 2 amide bonds. The van der Waals surface area contributed by atoms with E-state index in [4.69, 9.17) is 4.74 Å². The Balaban J connectivity index is 1.67. The molecule has 1 fully saturated rings. The molecule has 1 aliphatic carbocycles. The lowest BCUT2D eigenvalue weighted by Gasteiger charge is -2.33. The van der Waals surface area contributed by atoms with Crippen molar-refractivity contribution >= 4 is 11.8 Å². The predicted molar refractivity (Wildman–Crippen MR) is 88.1 cm³/mol. The molecule has 0 aromatic heterocycles. The number of allylic oxidation sites excluding steroid dienone is 2. The van der Waals surface area contributed by atoms with Crippen molar-refractivity contribution < 1.29 is 14.3 Å². The van der Waals surface area contributed by atoms with E-state index in [1.165, 1.54) is 0 Å². The fraction of sp³-hybridized carbons (Fsp3) is 0.765. The molecule has 6 nitrogen and oxygen atoms in total. The van der Waals surface area contributed by atoms with Gasteiger partial charge in [0.05, 0.1) is 6.10 Å². The second kappa shape index (κ2) is 7.81. The monoisotopic (exact) mass is 323 g/mol. The average molecular weight is 323 g/mol. The Hall–Kier alpha value is -1.56. The summed E-state index contributed by atoms with van der Waals surface area (Å²) in [6.07, 6.45) is 7.06. The fourth-order valence-electron chi connectivity index (χ4n) is 3.02. The summed E-state index contributed by atoms with van der Waals surface area (Å²) < 4.78 is 5.40. The second-order valence-corrected chi connectivity index (χ2v) is 7.49. The van der Waals surface area contributed by atoms with Crippen molar-refractivity contribution in [1.29, 1.82) is 0 Å². The number of hydrogen-bond donors (Lipinski definition) is 3. The third-order valence-electron chi connectivity index (χ3n) is 4.69. The highest BCUT2D eigenvalue weighted by Crippen LogP contribution is 2.36. The third-order valence-corrected chi connectivity index (χ3v) is 4.69. The van der Waals surface area contributed by atoms with E-state index >= 15 is 0 Å². The lowest BCUT2D eigenvalue weighted by Crippen LogP contribution is -2.47. The number of ether oxygens (including phenoxy) is 1. The van der Waals surface area contributed by atoms with Gasteiger partial charge in [0.15, 0.2) is 0 Å². The highest BCUT2D eigenvalue weighted by atomic mass is 16.5. The van der Waals surface area contributed by atoms with Crippen molar-refractivity contribution in [1.82, 2.24) is 16.2 Å². The van der Waals surface area contributed by atoms with Gasteiger partial charge >= 0.3 is 11.8 Å². The molecular weight excluding hydrogens is 294 g/mol. The van der Waals surface area contributed by atoms with Crippen molar-refractivity contribution in [2.75, 3.05) is 13.2 Å². The molecule has 0 aromatic carbocycles. The summed E-state index contributed by atoms with van der Waals surface area (Å²) in [5, 5.41) is 2.60. The molecule has 2 atom stereocenters. The SMILES string of the molecule is CC(C)(C)[C@@H]1CC=C(NNC(=O)C(=O)NC[C@H]2CCCO2)CC1. The normalized spacial score (nSPS) is 24.7. The van der Waals surface area contributed by atoms with Crippen LogP contribution in [0.3, 0.4) is 0 Å². The van der Waals surface area contributed by atoms with Gasteiger partial charge in [0.1, 0.15) is 0 Å². The van der Waals surface area contributed by atoms with Crippen molar-refractivity contribution in [2.24, 2.45) is 11.3 Å². The maximum absolute atomic E-state index is 11.8. The molecule has 6 heteroatoms. The molecule has 0 unspecified atom stereocenters. The lowest BCUT2D eigenvalue weighted by molar-refractivity contribution is -0.139. The topological polar surface area (TPSA) is 79.5 Å². The van der Waals surface area contributed by atoms with Crippen LogP contribution in [0.2, 0.25) is 0 Å². The Labute approximate surface area is 138 Å². The number of hydrazine groups is 1. The van der Waals surface area contributed by atoms with Crippen LogP contribution < -0.4 is 16.2 Å². The van der Waals surface area contributed by atoms with Gasteiger partial charge in [-0.25, -0.2) is 0 Å². The van der Waals surface area contributed by atoms with Crippen molar-refractivity contribution in [3.05, 3.63) is 11.8 Å². The molecule has 1 aliphatic heterocycles. The number of rotatable bonds is 4. The van der Waals surface area contributed by atoms with Gasteiger partial charge in [-0.2, -0.15) is 0 Å². The average Bonchev–Trinajstić information content (AvgIpc) is 3.03. The highest BCUT2D eigenvalue weighted by molar-refractivity contribution is 6.34. The van der Waals surface area contributed by atoms with Crippen molar-refractivity contribution in [3.63, 3.8) is 0 Å². The van der Waals surface area contributed by atoms with Crippen LogP contribution in [0, 0.1) is 11.3 Å². The molecule has 0 radical (unpaired) electrons. The van der Waals surface area contributed by atoms with Crippen molar-refractivity contribution in [2.45, 2.75) is 59.0 Å². The Morgan fingerprint density at radius 1 is 1.26 bits per heavy atom. The van der Waals surface area contributed by atoms with Gasteiger partial charge < -0.3 is 15.5 Å². The number of nitrogens with one attached hydrogen (secondary N) is 3. The van der Waals surface area contributed by atoms with Crippen LogP contribution in [0.4, 0.5) is 0 Å². The van der Waals surface area contributed by atoms with Crippen molar-refractivity contribution in [3.8, 4) is 0 Å². The van der Waals surface area contributed by atoms with E-state index in [2.05, 4.69) is 43.0 Å². The van der Waals surface area contributed by atoms with Crippen LogP contribution in [-0.4, -0.2) is 31.1 Å². The summed E-state index contributed by atoms with van der Waals surface area (Å²) in [6, 6.07) is 0. The Kier molecular flexibility index (Phi) is 6.04. The quantitative estimate of drug-likeness (QED) is 0.543. The van der Waals surface area contributed by atoms with Gasteiger partial charge in [-0.1, -0.05) is 26.8 Å². The molecule has 2 rings (SSSR count). The summed E-state index contributed by atoms with van der Waals surface area (Å²) in [4.78, 5) is 23.5. The van der Waals surface area contributed by atoms with E-state index in [1.807, 2.05) is 0 Å². The van der Waals surface area contributed by atoms with Gasteiger partial charge in [-0.15, -0.1) is 0 Å². The molecule has 130 valence electrons. The Bertz CT molecular complexity index is 462. The minimum Gasteiger partial charge on any atom is -0.376 e. The first-order chi connectivity index (χ1) is 10.9. The molecule has 23 heavy (non-hydrogen) atoms. The van der Waals surface area contributed by atoms with E-state index in [0.717, 1.165) is 44.4 Å². The highest BCUT2D eigenvalue weighted by Gasteiger charge is 2.26. The van der Waals surface area contributed by atoms with Gasteiger partial charge in [0, 0.05) is 18.8 Å². The standard InChI is InChI=1S/C17H29N3O3/c1-17(2,3)12-6-8-13(9-7-12)19-20-16(22)15(21)18-11-14-5-4-10-23-14/h8,12,14,19H,4-7,9-11H2,1-3H3,(H,18,21)(H,20,22)/t12-,14-/m1/s1. The van der Waals surface area contributed by atoms with Gasteiger partial charge in [0.25, 0.3) is 0 Å². The van der Waals surface area contributed by atoms with Gasteiger partial charge in [-0.05, 0) is 43.4 Å². The zero-order valence-electron chi connectivity index (χ0n) is 14.4. The minimum absolute atomic E-state index is 0.0371. The summed E-state index contributed by atoms with van der Waals surface area (Å²) in [5.41, 5.74) is 6.62.